The fourth-order valence-electron chi connectivity index (χ4n) is 0.904. The fourth-order valence-corrected chi connectivity index (χ4v) is 0.904. The number of ether oxygens (including phenoxy) is 1. The molecule has 0 unspecified atom stereocenters. The van der Waals surface area contributed by atoms with Gasteiger partial charge in [-0.1, -0.05) is 30.3 Å². The third-order valence-corrected chi connectivity index (χ3v) is 1.72. The Balaban J connectivity index is 2.46. The predicted octanol–water partition coefficient (Wildman–Crippen LogP) is 1.79. The van der Waals surface area contributed by atoms with Gasteiger partial charge in [-0.05, 0) is 19.4 Å². The van der Waals surface area contributed by atoms with Gasteiger partial charge in [-0.15, -0.1) is 0 Å². The number of nitrogens with one attached hydrogen (secondary N) is 1. The topological polar surface area (TPSA) is 50.1 Å². The van der Waals surface area contributed by atoms with Gasteiger partial charge in [0.2, 0.25) is 0 Å². The van der Waals surface area contributed by atoms with Gasteiger partial charge in [-0.2, -0.15) is 0 Å². The van der Waals surface area contributed by atoms with E-state index in [1.54, 1.807) is 0 Å². The van der Waals surface area contributed by atoms with Crippen molar-refractivity contribution in [3.8, 4) is 0 Å². The van der Waals surface area contributed by atoms with E-state index in [2.05, 4.69) is 0 Å². The SMILES string of the molecule is CC(C)([NH])C(=O)OCc1ccccc1. The molecule has 0 spiro atoms. The molecule has 0 atom stereocenters. The van der Waals surface area contributed by atoms with Crippen LogP contribution < -0.4 is 5.73 Å². The fraction of sp³-hybridized carbons (Fsp3) is 0.364. The Morgan fingerprint density at radius 3 is 2.43 bits per heavy atom. The lowest BCUT2D eigenvalue weighted by molar-refractivity contribution is -0.150. The number of rotatable bonds is 3. The predicted molar refractivity (Wildman–Crippen MR) is 53.4 cm³/mol. The molecule has 0 fully saturated rings. The molecule has 1 aromatic rings. The zero-order valence-corrected chi connectivity index (χ0v) is 8.41. The first-order valence-electron chi connectivity index (χ1n) is 4.46. The molecule has 0 aliphatic heterocycles. The quantitative estimate of drug-likeness (QED) is 0.685. The highest BCUT2D eigenvalue weighted by atomic mass is 16.5. The van der Waals surface area contributed by atoms with Crippen LogP contribution in [0, 0.1) is 0 Å². The van der Waals surface area contributed by atoms with Gasteiger partial charge in [0.1, 0.15) is 12.1 Å². The molecule has 1 radical (unpaired) electrons. The molecule has 14 heavy (non-hydrogen) atoms. The number of hydrogen-bond acceptors (Lipinski definition) is 2. The Labute approximate surface area is 83.9 Å². The molecule has 0 heterocycles. The Morgan fingerprint density at radius 2 is 1.93 bits per heavy atom. The summed E-state index contributed by atoms with van der Waals surface area (Å²) in [5.74, 6) is -0.499. The zero-order valence-electron chi connectivity index (χ0n) is 8.41. The second-order valence-electron chi connectivity index (χ2n) is 3.69. The van der Waals surface area contributed by atoms with E-state index in [4.69, 9.17) is 10.5 Å². The monoisotopic (exact) mass is 192 g/mol. The number of carbonyl (C=O) groups excluding carboxylic acids is 1. The third-order valence-electron chi connectivity index (χ3n) is 1.72. The van der Waals surface area contributed by atoms with Crippen molar-refractivity contribution in [2.45, 2.75) is 26.0 Å². The van der Waals surface area contributed by atoms with Gasteiger partial charge in [0.15, 0.2) is 0 Å². The Bertz CT molecular complexity index is 301. The Kier molecular flexibility index (Phi) is 3.25. The Morgan fingerprint density at radius 1 is 1.36 bits per heavy atom. The second-order valence-corrected chi connectivity index (χ2v) is 3.69. The van der Waals surface area contributed by atoms with Gasteiger partial charge in [-0.3, -0.25) is 4.79 Å². The first kappa shape index (κ1) is 10.7. The van der Waals surface area contributed by atoms with Gasteiger partial charge < -0.3 is 4.74 Å². The van der Waals surface area contributed by atoms with Crippen molar-refractivity contribution in [1.29, 1.82) is 0 Å². The van der Waals surface area contributed by atoms with Gasteiger partial charge in [-0.25, -0.2) is 5.73 Å². The van der Waals surface area contributed by atoms with Crippen molar-refractivity contribution in [3.63, 3.8) is 0 Å². The maximum Gasteiger partial charge on any atom is 0.327 e. The smallest absolute Gasteiger partial charge is 0.327 e. The maximum absolute atomic E-state index is 11.2. The minimum Gasteiger partial charge on any atom is -0.459 e. The summed E-state index contributed by atoms with van der Waals surface area (Å²) in [5.41, 5.74) is 7.19. The van der Waals surface area contributed by atoms with Crippen molar-refractivity contribution >= 4 is 5.97 Å². The average Bonchev–Trinajstić information content (AvgIpc) is 2.14. The molecule has 0 aliphatic carbocycles. The van der Waals surface area contributed by atoms with Crippen molar-refractivity contribution in [2.75, 3.05) is 0 Å². The van der Waals surface area contributed by atoms with Crippen LogP contribution in [0.5, 0.6) is 0 Å². The summed E-state index contributed by atoms with van der Waals surface area (Å²) in [6, 6.07) is 9.43. The molecule has 0 saturated heterocycles. The summed E-state index contributed by atoms with van der Waals surface area (Å²) >= 11 is 0. The molecule has 75 valence electrons. The summed E-state index contributed by atoms with van der Waals surface area (Å²) in [6.45, 7) is 3.27. The lowest BCUT2D eigenvalue weighted by Crippen LogP contribution is -2.34. The van der Waals surface area contributed by atoms with Gasteiger partial charge in [0, 0.05) is 0 Å². The average molecular weight is 192 g/mol. The van der Waals surface area contributed by atoms with Gasteiger partial charge in [0.25, 0.3) is 0 Å². The summed E-state index contributed by atoms with van der Waals surface area (Å²) in [6.07, 6.45) is 0. The normalized spacial score (nSPS) is 11.1. The van der Waals surface area contributed by atoms with Crippen molar-refractivity contribution in [3.05, 3.63) is 35.9 Å². The summed E-state index contributed by atoms with van der Waals surface area (Å²) in [5, 5.41) is 0. The summed E-state index contributed by atoms with van der Waals surface area (Å²) in [7, 11) is 0. The molecule has 0 aliphatic rings. The van der Waals surface area contributed by atoms with Crippen molar-refractivity contribution < 1.29 is 9.53 Å². The lowest BCUT2D eigenvalue weighted by atomic mass is 10.1. The van der Waals surface area contributed by atoms with E-state index in [1.165, 1.54) is 13.8 Å². The van der Waals surface area contributed by atoms with Crippen LogP contribution in [0.15, 0.2) is 30.3 Å². The van der Waals surface area contributed by atoms with E-state index in [0.717, 1.165) is 5.56 Å². The molecule has 1 rings (SSSR count). The number of hydrogen-bond donors (Lipinski definition) is 0. The Hall–Kier alpha value is -1.35. The molecule has 1 N–H and O–H groups in total. The molecule has 3 heteroatoms. The van der Waals surface area contributed by atoms with E-state index >= 15 is 0 Å². The molecule has 3 nitrogen and oxygen atoms in total. The first-order chi connectivity index (χ1) is 6.50. The van der Waals surface area contributed by atoms with Crippen LogP contribution >= 0.6 is 0 Å². The largest absolute Gasteiger partial charge is 0.459 e. The molecular weight excluding hydrogens is 178 g/mol. The van der Waals surface area contributed by atoms with E-state index in [0.29, 0.717) is 0 Å². The maximum atomic E-state index is 11.2. The molecule has 0 saturated carbocycles. The minimum absolute atomic E-state index is 0.238. The van der Waals surface area contributed by atoms with Crippen LogP contribution in [-0.2, 0) is 16.1 Å². The number of esters is 1. The van der Waals surface area contributed by atoms with Crippen molar-refractivity contribution in [2.24, 2.45) is 0 Å². The first-order valence-corrected chi connectivity index (χ1v) is 4.46. The van der Waals surface area contributed by atoms with Crippen molar-refractivity contribution in [1.82, 2.24) is 5.73 Å². The van der Waals surface area contributed by atoms with Crippen LogP contribution in [0.4, 0.5) is 0 Å². The van der Waals surface area contributed by atoms with Crippen LogP contribution in [-0.4, -0.2) is 11.5 Å². The summed E-state index contributed by atoms with van der Waals surface area (Å²) < 4.78 is 4.97. The second kappa shape index (κ2) is 4.24. The summed E-state index contributed by atoms with van der Waals surface area (Å²) in [4.78, 5) is 11.2. The molecule has 0 bridgehead atoms. The van der Waals surface area contributed by atoms with Crippen LogP contribution in [0.1, 0.15) is 19.4 Å². The van der Waals surface area contributed by atoms with E-state index in [-0.39, 0.29) is 6.61 Å². The highest BCUT2D eigenvalue weighted by Crippen LogP contribution is 2.06. The van der Waals surface area contributed by atoms with Crippen LogP contribution in [0.25, 0.3) is 0 Å². The highest BCUT2D eigenvalue weighted by Gasteiger charge is 2.24. The molecular formula is C11H14NO2. The highest BCUT2D eigenvalue weighted by molar-refractivity contribution is 5.79. The minimum atomic E-state index is -1.17. The lowest BCUT2D eigenvalue weighted by Gasteiger charge is -2.15. The van der Waals surface area contributed by atoms with E-state index < -0.39 is 11.5 Å². The standard InChI is InChI=1S/C11H14NO2/c1-11(2,12)10(13)14-8-9-6-4-3-5-7-9/h3-7,12H,8H2,1-2H3. The van der Waals surface area contributed by atoms with Gasteiger partial charge >= 0.3 is 5.97 Å². The molecule has 1 aromatic carbocycles. The van der Waals surface area contributed by atoms with E-state index in [1.807, 2.05) is 30.3 Å². The zero-order chi connectivity index (χ0) is 10.6. The number of carbonyl (C=O) groups is 1. The number of benzene rings is 1. The van der Waals surface area contributed by atoms with Crippen LogP contribution in [0.2, 0.25) is 0 Å². The third kappa shape index (κ3) is 3.18. The van der Waals surface area contributed by atoms with E-state index in [9.17, 15) is 4.79 Å². The molecule has 0 aromatic heterocycles. The van der Waals surface area contributed by atoms with Gasteiger partial charge in [0.05, 0.1) is 0 Å². The molecule has 0 amide bonds. The van der Waals surface area contributed by atoms with Crippen LogP contribution in [0.3, 0.4) is 0 Å².